The van der Waals surface area contributed by atoms with E-state index in [-0.39, 0.29) is 17.8 Å². The van der Waals surface area contributed by atoms with Crippen LogP contribution >= 0.6 is 11.6 Å². The van der Waals surface area contributed by atoms with Crippen molar-refractivity contribution in [2.75, 3.05) is 6.54 Å². The second-order valence-electron chi connectivity index (χ2n) is 5.30. The molecule has 0 aliphatic heterocycles. The zero-order valence-electron chi connectivity index (χ0n) is 12.4. The van der Waals surface area contributed by atoms with Crippen LogP contribution in [0.15, 0.2) is 23.2 Å². The number of amides is 1. The van der Waals surface area contributed by atoms with E-state index in [0.717, 1.165) is 11.1 Å². The third-order valence-corrected chi connectivity index (χ3v) is 3.30. The number of rotatable bonds is 4. The number of guanidine groups is 1. The van der Waals surface area contributed by atoms with Crippen LogP contribution in [0.25, 0.3) is 0 Å². The van der Waals surface area contributed by atoms with Gasteiger partial charge in [0.25, 0.3) is 0 Å². The molecule has 0 radical (unpaired) electrons. The lowest BCUT2D eigenvalue weighted by Gasteiger charge is -2.16. The highest BCUT2D eigenvalue weighted by Gasteiger charge is 2.20. The Bertz CT molecular complexity index is 492. The molecule has 20 heavy (non-hydrogen) atoms. The molecule has 1 aromatic rings. The van der Waals surface area contributed by atoms with Crippen molar-refractivity contribution in [1.82, 2.24) is 5.32 Å². The Kier molecular flexibility index (Phi) is 6.02. The average molecular weight is 296 g/mol. The van der Waals surface area contributed by atoms with Gasteiger partial charge in [-0.2, -0.15) is 0 Å². The van der Waals surface area contributed by atoms with Crippen molar-refractivity contribution in [2.24, 2.45) is 16.6 Å². The number of hydrogen-bond donors (Lipinski definition) is 2. The SMILES string of the molecule is Cc1cccc(Cl)c1C(C)C(=O)NC(N)=NCC(C)C. The van der Waals surface area contributed by atoms with Gasteiger partial charge in [0.05, 0.1) is 5.92 Å². The summed E-state index contributed by atoms with van der Waals surface area (Å²) in [6.45, 7) is 8.40. The van der Waals surface area contributed by atoms with Gasteiger partial charge in [0.1, 0.15) is 0 Å². The minimum atomic E-state index is -0.378. The quantitative estimate of drug-likeness (QED) is 0.662. The van der Waals surface area contributed by atoms with Crippen LogP contribution < -0.4 is 11.1 Å². The Labute approximate surface area is 125 Å². The molecule has 1 unspecified atom stereocenters. The minimum absolute atomic E-state index is 0.153. The predicted molar refractivity (Wildman–Crippen MR) is 84.1 cm³/mol. The van der Waals surface area contributed by atoms with Gasteiger partial charge in [-0.15, -0.1) is 0 Å². The summed E-state index contributed by atoms with van der Waals surface area (Å²) in [4.78, 5) is 16.3. The van der Waals surface area contributed by atoms with E-state index in [0.29, 0.717) is 17.5 Å². The first-order valence-electron chi connectivity index (χ1n) is 6.68. The fraction of sp³-hybridized carbons (Fsp3) is 0.467. The van der Waals surface area contributed by atoms with Gasteiger partial charge in [-0.05, 0) is 37.0 Å². The zero-order valence-corrected chi connectivity index (χ0v) is 13.2. The van der Waals surface area contributed by atoms with Gasteiger partial charge in [-0.3, -0.25) is 15.1 Å². The van der Waals surface area contributed by atoms with Gasteiger partial charge in [-0.1, -0.05) is 37.6 Å². The lowest BCUT2D eigenvalue weighted by Crippen LogP contribution is -2.39. The highest BCUT2D eigenvalue weighted by Crippen LogP contribution is 2.27. The van der Waals surface area contributed by atoms with Crippen molar-refractivity contribution < 1.29 is 4.79 Å². The van der Waals surface area contributed by atoms with E-state index in [2.05, 4.69) is 10.3 Å². The molecule has 0 fully saturated rings. The normalized spacial score (nSPS) is 13.4. The van der Waals surface area contributed by atoms with Gasteiger partial charge in [0.15, 0.2) is 5.96 Å². The second kappa shape index (κ2) is 7.29. The van der Waals surface area contributed by atoms with Crippen LogP contribution in [-0.2, 0) is 4.79 Å². The van der Waals surface area contributed by atoms with Gasteiger partial charge < -0.3 is 5.73 Å². The molecule has 0 bridgehead atoms. The monoisotopic (exact) mass is 295 g/mol. The van der Waals surface area contributed by atoms with Crippen molar-refractivity contribution in [1.29, 1.82) is 0 Å². The highest BCUT2D eigenvalue weighted by atomic mass is 35.5. The number of halogens is 1. The molecule has 4 nitrogen and oxygen atoms in total. The minimum Gasteiger partial charge on any atom is -0.370 e. The van der Waals surface area contributed by atoms with Gasteiger partial charge in [0.2, 0.25) is 5.91 Å². The topological polar surface area (TPSA) is 67.5 Å². The molecule has 0 saturated heterocycles. The smallest absolute Gasteiger partial charge is 0.233 e. The summed E-state index contributed by atoms with van der Waals surface area (Å²) >= 11 is 6.17. The van der Waals surface area contributed by atoms with Crippen molar-refractivity contribution in [3.05, 3.63) is 34.3 Å². The Hall–Kier alpha value is -1.55. The first-order chi connectivity index (χ1) is 9.32. The lowest BCUT2D eigenvalue weighted by atomic mass is 9.95. The summed E-state index contributed by atoms with van der Waals surface area (Å²) in [6, 6.07) is 5.58. The Balaban J connectivity index is 2.80. The molecular weight excluding hydrogens is 274 g/mol. The Morgan fingerprint density at radius 3 is 2.60 bits per heavy atom. The number of nitrogens with one attached hydrogen (secondary N) is 1. The predicted octanol–water partition coefficient (Wildman–Crippen LogP) is 2.84. The summed E-state index contributed by atoms with van der Waals surface area (Å²) in [5.74, 6) is -0.0309. The van der Waals surface area contributed by atoms with Crippen LogP contribution in [0.4, 0.5) is 0 Å². The molecule has 1 rings (SSSR count). The van der Waals surface area contributed by atoms with Crippen molar-refractivity contribution in [3.8, 4) is 0 Å². The first kappa shape index (κ1) is 16.5. The highest BCUT2D eigenvalue weighted by molar-refractivity contribution is 6.31. The number of carbonyl (C=O) groups excluding carboxylic acids is 1. The average Bonchev–Trinajstić information content (AvgIpc) is 2.35. The summed E-state index contributed by atoms with van der Waals surface area (Å²) in [5.41, 5.74) is 7.51. The Morgan fingerprint density at radius 1 is 1.40 bits per heavy atom. The number of nitrogens with two attached hydrogens (primary N) is 1. The maximum absolute atomic E-state index is 12.2. The Morgan fingerprint density at radius 2 is 2.05 bits per heavy atom. The van der Waals surface area contributed by atoms with Crippen molar-refractivity contribution in [2.45, 2.75) is 33.6 Å². The number of hydrogen-bond acceptors (Lipinski definition) is 2. The molecular formula is C15H22ClN3O. The van der Waals surface area contributed by atoms with Gasteiger partial charge >= 0.3 is 0 Å². The second-order valence-corrected chi connectivity index (χ2v) is 5.71. The molecule has 0 aromatic heterocycles. The summed E-state index contributed by atoms with van der Waals surface area (Å²) in [7, 11) is 0. The van der Waals surface area contributed by atoms with E-state index in [4.69, 9.17) is 17.3 Å². The molecule has 0 spiro atoms. The lowest BCUT2D eigenvalue weighted by molar-refractivity contribution is -0.120. The fourth-order valence-corrected chi connectivity index (χ4v) is 2.26. The molecule has 1 aromatic carbocycles. The summed E-state index contributed by atoms with van der Waals surface area (Å²) < 4.78 is 0. The zero-order chi connectivity index (χ0) is 15.3. The molecule has 0 saturated carbocycles. The van der Waals surface area contributed by atoms with Crippen LogP contribution in [0.2, 0.25) is 5.02 Å². The first-order valence-corrected chi connectivity index (χ1v) is 7.06. The van der Waals surface area contributed by atoms with E-state index in [1.807, 2.05) is 32.9 Å². The van der Waals surface area contributed by atoms with Crippen molar-refractivity contribution >= 4 is 23.5 Å². The number of nitrogens with zero attached hydrogens (tertiary/aromatic N) is 1. The van der Waals surface area contributed by atoms with Crippen molar-refractivity contribution in [3.63, 3.8) is 0 Å². The van der Waals surface area contributed by atoms with Crippen LogP contribution in [0, 0.1) is 12.8 Å². The summed E-state index contributed by atoms with van der Waals surface area (Å²) in [6.07, 6.45) is 0. The van der Waals surface area contributed by atoms with Crippen LogP contribution in [0.3, 0.4) is 0 Å². The molecule has 3 N–H and O–H groups in total. The molecule has 1 amide bonds. The van der Waals surface area contributed by atoms with E-state index in [1.54, 1.807) is 13.0 Å². The van der Waals surface area contributed by atoms with Crippen LogP contribution in [-0.4, -0.2) is 18.4 Å². The van der Waals surface area contributed by atoms with E-state index >= 15 is 0 Å². The maximum atomic E-state index is 12.2. The number of carbonyl (C=O) groups is 1. The van der Waals surface area contributed by atoms with Crippen LogP contribution in [0.5, 0.6) is 0 Å². The number of benzene rings is 1. The fourth-order valence-electron chi connectivity index (χ4n) is 1.88. The number of aliphatic imine (C=N–C) groups is 1. The van der Waals surface area contributed by atoms with E-state index < -0.39 is 0 Å². The molecule has 0 aliphatic rings. The van der Waals surface area contributed by atoms with Gasteiger partial charge in [-0.25, -0.2) is 0 Å². The van der Waals surface area contributed by atoms with Crippen LogP contribution in [0.1, 0.15) is 37.8 Å². The molecule has 1 atom stereocenters. The third kappa shape index (κ3) is 4.53. The van der Waals surface area contributed by atoms with Gasteiger partial charge in [0, 0.05) is 11.6 Å². The van der Waals surface area contributed by atoms with E-state index in [9.17, 15) is 4.79 Å². The summed E-state index contributed by atoms with van der Waals surface area (Å²) in [5, 5.41) is 3.21. The molecule has 0 aliphatic carbocycles. The molecule has 0 heterocycles. The number of aryl methyl sites for hydroxylation is 1. The maximum Gasteiger partial charge on any atom is 0.233 e. The molecule has 110 valence electrons. The largest absolute Gasteiger partial charge is 0.370 e. The third-order valence-electron chi connectivity index (χ3n) is 2.98. The molecule has 5 heteroatoms. The van der Waals surface area contributed by atoms with E-state index in [1.165, 1.54) is 0 Å². The standard InChI is InChI=1S/C15H22ClN3O/c1-9(2)8-18-15(17)19-14(20)11(4)13-10(3)6-5-7-12(13)16/h5-7,9,11H,8H2,1-4H3,(H3,17,18,19,20).